The molecule has 0 unspecified atom stereocenters. The monoisotopic (exact) mass is 261 g/mol. The highest BCUT2D eigenvalue weighted by atomic mass is 35.5. The van der Waals surface area contributed by atoms with E-state index in [2.05, 4.69) is 5.32 Å². The molecule has 0 aliphatic carbocycles. The lowest BCUT2D eigenvalue weighted by molar-refractivity contribution is 0.483. The average Bonchev–Trinajstić information content (AvgIpc) is 2.42. The van der Waals surface area contributed by atoms with Crippen LogP contribution in [0.4, 0.5) is 5.69 Å². The van der Waals surface area contributed by atoms with Crippen LogP contribution in [-0.2, 0) is 0 Å². The smallest absolute Gasteiger partial charge is 0.127 e. The van der Waals surface area contributed by atoms with Crippen LogP contribution >= 0.6 is 11.6 Å². The second-order valence-electron chi connectivity index (χ2n) is 3.91. The third-order valence-electron chi connectivity index (χ3n) is 2.47. The topological polar surface area (TPSA) is 21.3 Å². The summed E-state index contributed by atoms with van der Waals surface area (Å²) in [5.41, 5.74) is 1.08. The first-order valence-electron chi connectivity index (χ1n) is 6.01. The predicted octanol–water partition coefficient (Wildman–Crippen LogP) is 4.52. The van der Waals surface area contributed by atoms with Crippen LogP contribution in [0, 0.1) is 0 Å². The lowest BCUT2D eigenvalue weighted by Crippen LogP contribution is -2.01. The van der Waals surface area contributed by atoms with E-state index in [0.29, 0.717) is 5.88 Å². The van der Waals surface area contributed by atoms with Crippen molar-refractivity contribution in [3.63, 3.8) is 0 Å². The van der Waals surface area contributed by atoms with Crippen molar-refractivity contribution in [1.29, 1.82) is 0 Å². The predicted molar refractivity (Wildman–Crippen MR) is 76.8 cm³/mol. The van der Waals surface area contributed by atoms with Gasteiger partial charge in [-0.1, -0.05) is 18.2 Å². The van der Waals surface area contributed by atoms with Gasteiger partial charge in [0.05, 0.1) is 0 Å². The Morgan fingerprint density at radius 3 is 2.22 bits per heavy atom. The van der Waals surface area contributed by atoms with Crippen molar-refractivity contribution < 1.29 is 4.74 Å². The van der Waals surface area contributed by atoms with Crippen molar-refractivity contribution in [3.05, 3.63) is 54.6 Å². The first kappa shape index (κ1) is 12.8. The molecule has 18 heavy (non-hydrogen) atoms. The molecular weight excluding hydrogens is 246 g/mol. The maximum absolute atomic E-state index is 5.71. The number of ether oxygens (including phenoxy) is 1. The van der Waals surface area contributed by atoms with Gasteiger partial charge in [-0.05, 0) is 42.8 Å². The molecule has 0 saturated carbocycles. The van der Waals surface area contributed by atoms with Crippen molar-refractivity contribution in [1.82, 2.24) is 0 Å². The third-order valence-corrected chi connectivity index (χ3v) is 2.74. The van der Waals surface area contributed by atoms with Gasteiger partial charge in [-0.3, -0.25) is 0 Å². The Kier molecular flexibility index (Phi) is 4.91. The van der Waals surface area contributed by atoms with E-state index < -0.39 is 0 Å². The van der Waals surface area contributed by atoms with Gasteiger partial charge in [-0.15, -0.1) is 11.6 Å². The lowest BCUT2D eigenvalue weighted by atomic mass is 10.3. The summed E-state index contributed by atoms with van der Waals surface area (Å²) in [4.78, 5) is 0. The van der Waals surface area contributed by atoms with Crippen molar-refractivity contribution in [2.24, 2.45) is 0 Å². The molecule has 3 heteroatoms. The molecule has 0 spiro atoms. The number of para-hydroxylation sites is 1. The lowest BCUT2D eigenvalue weighted by Gasteiger charge is -2.08. The molecule has 0 saturated heterocycles. The molecule has 0 radical (unpaired) electrons. The summed E-state index contributed by atoms with van der Waals surface area (Å²) in [5, 5.41) is 3.30. The summed E-state index contributed by atoms with van der Waals surface area (Å²) in [5.74, 6) is 2.37. The summed E-state index contributed by atoms with van der Waals surface area (Å²) >= 11 is 5.62. The van der Waals surface area contributed by atoms with E-state index in [0.717, 1.165) is 30.2 Å². The fourth-order valence-corrected chi connectivity index (χ4v) is 1.70. The summed E-state index contributed by atoms with van der Waals surface area (Å²) in [6, 6.07) is 17.7. The molecule has 0 fully saturated rings. The highest BCUT2D eigenvalue weighted by Crippen LogP contribution is 2.22. The molecule has 0 heterocycles. The largest absolute Gasteiger partial charge is 0.457 e. The van der Waals surface area contributed by atoms with Gasteiger partial charge in [-0.25, -0.2) is 0 Å². The Balaban J connectivity index is 1.91. The Morgan fingerprint density at radius 1 is 0.889 bits per heavy atom. The zero-order valence-electron chi connectivity index (χ0n) is 10.1. The van der Waals surface area contributed by atoms with Crippen molar-refractivity contribution >= 4 is 17.3 Å². The molecule has 2 aromatic carbocycles. The number of nitrogens with one attached hydrogen (secondary N) is 1. The molecule has 1 N–H and O–H groups in total. The maximum atomic E-state index is 5.71. The molecule has 0 amide bonds. The van der Waals surface area contributed by atoms with Crippen LogP contribution in [0.25, 0.3) is 0 Å². The molecule has 0 bridgehead atoms. The van der Waals surface area contributed by atoms with Gasteiger partial charge in [0.25, 0.3) is 0 Å². The number of benzene rings is 2. The van der Waals surface area contributed by atoms with Gasteiger partial charge in [0.2, 0.25) is 0 Å². The fourth-order valence-electron chi connectivity index (χ4n) is 1.56. The molecule has 0 atom stereocenters. The van der Waals surface area contributed by atoms with Crippen molar-refractivity contribution in [2.45, 2.75) is 6.42 Å². The second kappa shape index (κ2) is 6.92. The molecule has 0 aliphatic heterocycles. The quantitative estimate of drug-likeness (QED) is 0.610. The first-order valence-corrected chi connectivity index (χ1v) is 6.55. The van der Waals surface area contributed by atoms with E-state index in [-0.39, 0.29) is 0 Å². The van der Waals surface area contributed by atoms with Crippen molar-refractivity contribution in [3.8, 4) is 11.5 Å². The molecule has 2 rings (SSSR count). The first-order chi connectivity index (χ1) is 8.88. The summed E-state index contributed by atoms with van der Waals surface area (Å²) < 4.78 is 5.71. The molecule has 94 valence electrons. The minimum atomic E-state index is 0.683. The zero-order valence-corrected chi connectivity index (χ0v) is 10.9. The number of alkyl halides is 1. The molecule has 2 aromatic rings. The Labute approximate surface area is 113 Å². The minimum Gasteiger partial charge on any atom is -0.457 e. The molecule has 0 aliphatic rings. The second-order valence-corrected chi connectivity index (χ2v) is 4.29. The van der Waals surface area contributed by atoms with Crippen LogP contribution in [0.3, 0.4) is 0 Å². The Hall–Kier alpha value is -1.67. The summed E-state index contributed by atoms with van der Waals surface area (Å²) in [7, 11) is 0. The van der Waals surface area contributed by atoms with E-state index in [1.807, 2.05) is 54.6 Å². The van der Waals surface area contributed by atoms with Crippen LogP contribution in [-0.4, -0.2) is 12.4 Å². The van der Waals surface area contributed by atoms with Gasteiger partial charge < -0.3 is 10.1 Å². The number of rotatable bonds is 6. The van der Waals surface area contributed by atoms with Crippen molar-refractivity contribution in [2.75, 3.05) is 17.7 Å². The number of anilines is 1. The van der Waals surface area contributed by atoms with E-state index in [1.54, 1.807) is 0 Å². The standard InChI is InChI=1S/C15H16ClNO/c16-11-4-12-17-13-7-9-15(10-8-13)18-14-5-2-1-3-6-14/h1-3,5-10,17H,4,11-12H2. The highest BCUT2D eigenvalue weighted by Gasteiger charge is 1.97. The van der Waals surface area contributed by atoms with Gasteiger partial charge in [0.1, 0.15) is 11.5 Å². The van der Waals surface area contributed by atoms with Crippen LogP contribution in [0.2, 0.25) is 0 Å². The maximum Gasteiger partial charge on any atom is 0.127 e. The molecule has 2 nitrogen and oxygen atoms in total. The van der Waals surface area contributed by atoms with Gasteiger partial charge >= 0.3 is 0 Å². The van der Waals surface area contributed by atoms with Crippen LogP contribution in [0.5, 0.6) is 11.5 Å². The average molecular weight is 262 g/mol. The van der Waals surface area contributed by atoms with Gasteiger partial charge in [0.15, 0.2) is 0 Å². The fraction of sp³-hybridized carbons (Fsp3) is 0.200. The van der Waals surface area contributed by atoms with Crippen LogP contribution < -0.4 is 10.1 Å². The van der Waals surface area contributed by atoms with Crippen LogP contribution in [0.15, 0.2) is 54.6 Å². The Bertz CT molecular complexity index is 456. The van der Waals surface area contributed by atoms with Crippen LogP contribution in [0.1, 0.15) is 6.42 Å². The van der Waals surface area contributed by atoms with E-state index in [4.69, 9.17) is 16.3 Å². The zero-order chi connectivity index (χ0) is 12.6. The summed E-state index contributed by atoms with van der Waals surface area (Å²) in [6.45, 7) is 0.891. The van der Waals surface area contributed by atoms with E-state index in [1.165, 1.54) is 0 Å². The van der Waals surface area contributed by atoms with Gasteiger partial charge in [-0.2, -0.15) is 0 Å². The van der Waals surface area contributed by atoms with E-state index >= 15 is 0 Å². The minimum absolute atomic E-state index is 0.683. The van der Waals surface area contributed by atoms with E-state index in [9.17, 15) is 0 Å². The molecular formula is C15H16ClNO. The summed E-state index contributed by atoms with van der Waals surface area (Å²) in [6.07, 6.45) is 0.962. The molecule has 0 aromatic heterocycles. The SMILES string of the molecule is ClCCCNc1ccc(Oc2ccccc2)cc1. The normalized spacial score (nSPS) is 10.1. The highest BCUT2D eigenvalue weighted by molar-refractivity contribution is 6.17. The van der Waals surface area contributed by atoms with Gasteiger partial charge in [0, 0.05) is 18.1 Å². The number of hydrogen-bond donors (Lipinski definition) is 1. The Morgan fingerprint density at radius 2 is 1.56 bits per heavy atom. The third kappa shape index (κ3) is 3.97. The number of hydrogen-bond acceptors (Lipinski definition) is 2. The number of halogens is 1.